The van der Waals surface area contributed by atoms with Crippen LogP contribution in [0, 0.1) is 0 Å². The Morgan fingerprint density at radius 3 is 1.35 bits per heavy atom. The van der Waals surface area contributed by atoms with Gasteiger partial charge in [0, 0.05) is 34.4 Å². The second kappa shape index (κ2) is 16.6. The SMILES string of the molecule is CC(C)=O.CC(C)=O.CC1=Nc2cc(C(=O)c3ccc(Oc4ccccc4)cc3)cc(C(=O)c3ccc(Oc4ccccc4)cc3)c2C1. The maximum Gasteiger partial charge on any atom is 0.193 e. The lowest BCUT2D eigenvalue weighted by Crippen LogP contribution is -2.09. The largest absolute Gasteiger partial charge is 0.457 e. The second-order valence-corrected chi connectivity index (χ2v) is 11.4. The van der Waals surface area contributed by atoms with Gasteiger partial charge in [-0.25, -0.2) is 0 Å². The molecule has 242 valence electrons. The number of Topliss-reactive ketones (excluding diaryl/α,β-unsaturated/α-hetero) is 2. The number of fused-ring (bicyclic) bond motifs is 1. The topological polar surface area (TPSA) is 99.1 Å². The molecule has 0 aliphatic carbocycles. The number of hydrogen-bond acceptors (Lipinski definition) is 7. The Hall–Kier alpha value is -5.95. The van der Waals surface area contributed by atoms with Crippen LogP contribution in [-0.2, 0) is 16.0 Å². The van der Waals surface area contributed by atoms with Crippen molar-refractivity contribution < 1.29 is 28.7 Å². The predicted molar refractivity (Wildman–Crippen MR) is 188 cm³/mol. The summed E-state index contributed by atoms with van der Waals surface area (Å²) in [4.78, 5) is 50.7. The fourth-order valence-corrected chi connectivity index (χ4v) is 4.70. The first kappa shape index (κ1) is 34.9. The van der Waals surface area contributed by atoms with E-state index in [4.69, 9.17) is 9.47 Å². The first-order chi connectivity index (χ1) is 23.0. The average Bonchev–Trinajstić information content (AvgIpc) is 3.45. The summed E-state index contributed by atoms with van der Waals surface area (Å²) in [5, 5.41) is 0. The highest BCUT2D eigenvalue weighted by atomic mass is 16.5. The first-order valence-corrected chi connectivity index (χ1v) is 15.4. The first-order valence-electron chi connectivity index (χ1n) is 15.4. The van der Waals surface area contributed by atoms with E-state index in [-0.39, 0.29) is 23.1 Å². The molecule has 1 heterocycles. The van der Waals surface area contributed by atoms with Gasteiger partial charge in [0.15, 0.2) is 11.6 Å². The Kier molecular flexibility index (Phi) is 12.0. The molecule has 0 amide bonds. The smallest absolute Gasteiger partial charge is 0.193 e. The molecular weight excluding hydrogens is 602 g/mol. The number of nitrogens with zero attached hydrogens (tertiary/aromatic N) is 1. The Morgan fingerprint density at radius 1 is 0.521 bits per heavy atom. The summed E-state index contributed by atoms with van der Waals surface area (Å²) in [6.45, 7) is 8.04. The van der Waals surface area contributed by atoms with Crippen LogP contribution in [0.1, 0.15) is 72.0 Å². The molecule has 0 bridgehead atoms. The highest BCUT2D eigenvalue weighted by molar-refractivity contribution is 6.16. The van der Waals surface area contributed by atoms with E-state index in [0.717, 1.165) is 22.8 Å². The van der Waals surface area contributed by atoms with Gasteiger partial charge in [-0.05, 0) is 125 Å². The quantitative estimate of drug-likeness (QED) is 0.157. The molecule has 0 fully saturated rings. The summed E-state index contributed by atoms with van der Waals surface area (Å²) in [6, 6.07) is 36.4. The van der Waals surface area contributed by atoms with Crippen molar-refractivity contribution in [2.24, 2.45) is 4.99 Å². The third kappa shape index (κ3) is 10.0. The van der Waals surface area contributed by atoms with Gasteiger partial charge >= 0.3 is 0 Å². The molecule has 5 aromatic carbocycles. The summed E-state index contributed by atoms with van der Waals surface area (Å²) in [6.07, 6.45) is 0.575. The van der Waals surface area contributed by atoms with Gasteiger partial charge in [-0.1, -0.05) is 36.4 Å². The summed E-state index contributed by atoms with van der Waals surface area (Å²) in [7, 11) is 0. The summed E-state index contributed by atoms with van der Waals surface area (Å²) in [5.41, 5.74) is 4.33. The third-order valence-electron chi connectivity index (χ3n) is 6.67. The van der Waals surface area contributed by atoms with E-state index in [9.17, 15) is 19.2 Å². The van der Waals surface area contributed by atoms with Crippen molar-refractivity contribution >= 4 is 34.5 Å². The Labute approximate surface area is 280 Å². The molecule has 48 heavy (non-hydrogen) atoms. The van der Waals surface area contributed by atoms with Crippen molar-refractivity contribution in [3.8, 4) is 23.0 Å². The molecule has 0 saturated carbocycles. The summed E-state index contributed by atoms with van der Waals surface area (Å²) in [5.74, 6) is 2.69. The van der Waals surface area contributed by atoms with Gasteiger partial charge in [-0.15, -0.1) is 0 Å². The molecule has 5 aromatic rings. The molecule has 0 radical (unpaired) electrons. The van der Waals surface area contributed by atoms with Crippen LogP contribution in [0.2, 0.25) is 0 Å². The number of ether oxygens (including phenoxy) is 2. The zero-order valence-corrected chi connectivity index (χ0v) is 27.7. The number of rotatable bonds is 8. The van der Waals surface area contributed by atoms with Crippen LogP contribution in [-0.4, -0.2) is 28.8 Å². The van der Waals surface area contributed by atoms with Gasteiger partial charge in [0.05, 0.1) is 5.69 Å². The second-order valence-electron chi connectivity index (χ2n) is 11.4. The van der Waals surface area contributed by atoms with E-state index in [1.165, 1.54) is 27.7 Å². The van der Waals surface area contributed by atoms with Crippen LogP contribution in [0.15, 0.2) is 126 Å². The maximum atomic E-state index is 13.7. The molecular formula is C41H37NO6. The minimum Gasteiger partial charge on any atom is -0.457 e. The molecule has 0 saturated heterocycles. The molecule has 0 N–H and O–H groups in total. The lowest BCUT2D eigenvalue weighted by molar-refractivity contribution is -0.115. The van der Waals surface area contributed by atoms with E-state index >= 15 is 0 Å². The van der Waals surface area contributed by atoms with Crippen LogP contribution in [0.4, 0.5) is 5.69 Å². The number of para-hydroxylation sites is 2. The number of carbonyl (C=O) groups excluding carboxylic acids is 4. The van der Waals surface area contributed by atoms with Crippen molar-refractivity contribution in [1.82, 2.24) is 0 Å². The zero-order chi connectivity index (χ0) is 34.6. The van der Waals surface area contributed by atoms with Crippen LogP contribution >= 0.6 is 0 Å². The number of ketones is 4. The molecule has 7 heteroatoms. The van der Waals surface area contributed by atoms with Crippen molar-refractivity contribution in [3.63, 3.8) is 0 Å². The van der Waals surface area contributed by atoms with Gasteiger partial charge in [-0.2, -0.15) is 0 Å². The van der Waals surface area contributed by atoms with E-state index in [1.54, 1.807) is 60.7 Å². The fourth-order valence-electron chi connectivity index (χ4n) is 4.70. The molecule has 1 aliphatic rings. The van der Waals surface area contributed by atoms with Crippen molar-refractivity contribution in [2.75, 3.05) is 0 Å². The minimum absolute atomic E-state index is 0.159. The van der Waals surface area contributed by atoms with E-state index in [1.807, 2.05) is 67.6 Å². The molecule has 7 nitrogen and oxygen atoms in total. The van der Waals surface area contributed by atoms with Crippen LogP contribution < -0.4 is 9.47 Å². The molecule has 0 aromatic heterocycles. The van der Waals surface area contributed by atoms with Gasteiger partial charge in [-0.3, -0.25) is 14.6 Å². The van der Waals surface area contributed by atoms with Crippen LogP contribution in [0.5, 0.6) is 23.0 Å². The normalized spacial score (nSPS) is 11.0. The standard InChI is InChI=1S/C35H25NO4.2C3H6O/c1-23-20-31-32(35(38)25-14-18-30(19-15-25)40-28-10-6-3-7-11-28)21-26(22-33(31)36-23)34(37)24-12-16-29(17-13-24)39-27-8-4-2-5-9-27;2*1-3(2)4/h2-19,21-22H,20H2,1H3;2*1-2H3. The molecule has 0 atom stereocenters. The highest BCUT2D eigenvalue weighted by Gasteiger charge is 2.24. The van der Waals surface area contributed by atoms with Crippen molar-refractivity contribution in [3.05, 3.63) is 149 Å². The fraction of sp³-hybridized carbons (Fsp3) is 0.146. The van der Waals surface area contributed by atoms with Crippen molar-refractivity contribution in [1.29, 1.82) is 0 Å². The molecule has 6 rings (SSSR count). The molecule has 0 spiro atoms. The predicted octanol–water partition coefficient (Wildman–Crippen LogP) is 9.57. The van der Waals surface area contributed by atoms with E-state index < -0.39 is 0 Å². The highest BCUT2D eigenvalue weighted by Crippen LogP contribution is 2.34. The Balaban J connectivity index is 0.000000588. The van der Waals surface area contributed by atoms with E-state index in [0.29, 0.717) is 45.9 Å². The van der Waals surface area contributed by atoms with E-state index in [2.05, 4.69) is 4.99 Å². The monoisotopic (exact) mass is 639 g/mol. The van der Waals surface area contributed by atoms with Crippen LogP contribution in [0.25, 0.3) is 0 Å². The number of benzene rings is 5. The Bertz CT molecular complexity index is 1910. The van der Waals surface area contributed by atoms with Gasteiger partial charge in [0.1, 0.15) is 34.6 Å². The lowest BCUT2D eigenvalue weighted by Gasteiger charge is -2.12. The van der Waals surface area contributed by atoms with Gasteiger partial charge in [0.2, 0.25) is 0 Å². The van der Waals surface area contributed by atoms with Crippen LogP contribution in [0.3, 0.4) is 0 Å². The van der Waals surface area contributed by atoms with Crippen molar-refractivity contribution in [2.45, 2.75) is 41.0 Å². The summed E-state index contributed by atoms with van der Waals surface area (Å²) >= 11 is 0. The summed E-state index contributed by atoms with van der Waals surface area (Å²) < 4.78 is 11.7. The average molecular weight is 640 g/mol. The molecule has 0 unspecified atom stereocenters. The third-order valence-corrected chi connectivity index (χ3v) is 6.67. The number of carbonyl (C=O) groups is 4. The molecule has 1 aliphatic heterocycles. The minimum atomic E-state index is -0.186. The van der Waals surface area contributed by atoms with Gasteiger partial charge in [0.25, 0.3) is 0 Å². The maximum absolute atomic E-state index is 13.7. The Morgan fingerprint density at radius 2 is 0.917 bits per heavy atom. The lowest BCUT2D eigenvalue weighted by atomic mass is 9.91. The van der Waals surface area contributed by atoms with Gasteiger partial charge < -0.3 is 19.1 Å². The number of aliphatic imine (C=N–C) groups is 1. The number of hydrogen-bond donors (Lipinski definition) is 0. The zero-order valence-electron chi connectivity index (χ0n) is 27.7.